The van der Waals surface area contributed by atoms with Gasteiger partial charge in [-0.15, -0.1) is 0 Å². The molecule has 1 fully saturated rings. The van der Waals surface area contributed by atoms with E-state index in [1.54, 1.807) is 6.07 Å². The normalized spacial score (nSPS) is 16.8. The molecule has 2 heterocycles. The van der Waals surface area contributed by atoms with E-state index in [1.807, 2.05) is 23.1 Å². The fourth-order valence-electron chi connectivity index (χ4n) is 3.95. The van der Waals surface area contributed by atoms with Crippen molar-refractivity contribution in [3.05, 3.63) is 71.6 Å². The fraction of sp³-hybridized carbons (Fsp3) is 0.318. The van der Waals surface area contributed by atoms with Crippen LogP contribution in [0.4, 0.5) is 8.78 Å². The Morgan fingerprint density at radius 3 is 2.86 bits per heavy atom. The number of benzene rings is 2. The quantitative estimate of drug-likeness (QED) is 0.702. The van der Waals surface area contributed by atoms with Crippen molar-refractivity contribution < 1.29 is 13.6 Å². The Kier molecular flexibility index (Phi) is 5.64. The number of hydrogen-bond acceptors (Lipinski definition) is 3. The highest BCUT2D eigenvalue weighted by Gasteiger charge is 2.26. The third-order valence-electron chi connectivity index (χ3n) is 5.47. The van der Waals surface area contributed by atoms with Crippen LogP contribution >= 0.6 is 0 Å². The first-order chi connectivity index (χ1) is 14.1. The molecule has 1 aromatic heterocycles. The number of likely N-dealkylation sites (tertiary alicyclic amines) is 1. The summed E-state index contributed by atoms with van der Waals surface area (Å²) in [6.07, 6.45) is 4.62. The molecule has 150 valence electrons. The van der Waals surface area contributed by atoms with Crippen LogP contribution in [0.1, 0.15) is 35.2 Å². The zero-order valence-electron chi connectivity index (χ0n) is 15.9. The van der Waals surface area contributed by atoms with Crippen LogP contribution in [-0.4, -0.2) is 39.1 Å². The van der Waals surface area contributed by atoms with Gasteiger partial charge in [-0.05, 0) is 49.3 Å². The molecule has 0 unspecified atom stereocenters. The number of amides is 1. The van der Waals surface area contributed by atoms with Crippen molar-refractivity contribution in [1.29, 1.82) is 0 Å². The van der Waals surface area contributed by atoms with E-state index in [0.29, 0.717) is 36.5 Å². The van der Waals surface area contributed by atoms with E-state index < -0.39 is 11.6 Å². The highest BCUT2D eigenvalue weighted by Crippen LogP contribution is 2.26. The van der Waals surface area contributed by atoms with Gasteiger partial charge >= 0.3 is 0 Å². The van der Waals surface area contributed by atoms with Crippen LogP contribution < -0.4 is 0 Å². The van der Waals surface area contributed by atoms with Crippen LogP contribution in [0.2, 0.25) is 0 Å². The number of halogens is 2. The maximum absolute atomic E-state index is 13.9. The molecule has 4 rings (SSSR count). The maximum Gasteiger partial charge on any atom is 0.254 e. The van der Waals surface area contributed by atoms with Crippen LogP contribution in [0, 0.1) is 17.6 Å². The first kappa shape index (κ1) is 19.2. The third kappa shape index (κ3) is 4.34. The van der Waals surface area contributed by atoms with Gasteiger partial charge in [-0.2, -0.15) is 5.10 Å². The van der Waals surface area contributed by atoms with Gasteiger partial charge in [-0.3, -0.25) is 9.89 Å². The van der Waals surface area contributed by atoms with Crippen LogP contribution in [0.15, 0.2) is 48.8 Å². The summed E-state index contributed by atoms with van der Waals surface area (Å²) in [6, 6.07) is 11.1. The van der Waals surface area contributed by atoms with Gasteiger partial charge in [0.05, 0.1) is 5.56 Å². The number of nitrogens with zero attached hydrogens (tertiary/aromatic N) is 3. The highest BCUT2D eigenvalue weighted by molar-refractivity contribution is 6.00. The third-order valence-corrected chi connectivity index (χ3v) is 5.47. The van der Waals surface area contributed by atoms with E-state index in [2.05, 4.69) is 15.2 Å². The second kappa shape index (κ2) is 8.51. The molecular formula is C22H22F2N4O. The van der Waals surface area contributed by atoms with Crippen molar-refractivity contribution in [2.45, 2.75) is 25.7 Å². The molecule has 3 aromatic rings. The molecule has 1 aliphatic heterocycles. The largest absolute Gasteiger partial charge is 0.338 e. The lowest BCUT2D eigenvalue weighted by atomic mass is 9.91. The standard InChI is InChI=1S/C22H22F2N4O/c23-17-10-9-16(20(24)12-17)8-7-15-4-3-11-28(13-15)22(29)19-6-2-1-5-18(19)21-25-14-26-27-21/h1-2,5-6,9-10,12,14-15H,3-4,7-8,11,13H2,(H,25,26,27)/t15-/m1/s1. The Balaban J connectivity index is 1.44. The Labute approximate surface area is 167 Å². The molecule has 1 saturated heterocycles. The molecule has 1 atom stereocenters. The lowest BCUT2D eigenvalue weighted by Crippen LogP contribution is -2.40. The number of carbonyl (C=O) groups is 1. The van der Waals surface area contributed by atoms with Gasteiger partial charge in [-0.1, -0.05) is 24.3 Å². The molecule has 2 aromatic carbocycles. The highest BCUT2D eigenvalue weighted by atomic mass is 19.1. The average Bonchev–Trinajstić information content (AvgIpc) is 3.28. The number of nitrogens with one attached hydrogen (secondary N) is 1. The summed E-state index contributed by atoms with van der Waals surface area (Å²) in [5.74, 6) is -0.251. The van der Waals surface area contributed by atoms with Crippen LogP contribution in [0.3, 0.4) is 0 Å². The zero-order valence-corrected chi connectivity index (χ0v) is 15.9. The summed E-state index contributed by atoms with van der Waals surface area (Å²) >= 11 is 0. The van der Waals surface area contributed by atoms with Crippen molar-refractivity contribution in [3.63, 3.8) is 0 Å². The predicted octanol–water partition coefficient (Wildman–Crippen LogP) is 4.23. The number of rotatable bonds is 5. The first-order valence-corrected chi connectivity index (χ1v) is 9.80. The summed E-state index contributed by atoms with van der Waals surface area (Å²) in [6.45, 7) is 1.33. The van der Waals surface area contributed by atoms with Crippen molar-refractivity contribution >= 4 is 5.91 Å². The zero-order chi connectivity index (χ0) is 20.2. The number of aromatic nitrogens is 3. The van der Waals surface area contributed by atoms with E-state index in [9.17, 15) is 13.6 Å². The van der Waals surface area contributed by atoms with E-state index in [-0.39, 0.29) is 11.8 Å². The number of piperidine rings is 1. The van der Waals surface area contributed by atoms with Crippen LogP contribution in [0.25, 0.3) is 11.4 Å². The van der Waals surface area contributed by atoms with E-state index >= 15 is 0 Å². The minimum Gasteiger partial charge on any atom is -0.338 e. The number of carbonyl (C=O) groups excluding carboxylic acids is 1. The number of aryl methyl sites for hydroxylation is 1. The molecular weight excluding hydrogens is 374 g/mol. The van der Waals surface area contributed by atoms with Gasteiger partial charge in [-0.25, -0.2) is 13.8 Å². The van der Waals surface area contributed by atoms with E-state index in [0.717, 1.165) is 30.9 Å². The number of hydrogen-bond donors (Lipinski definition) is 1. The molecule has 0 radical (unpaired) electrons. The minimum absolute atomic E-state index is 0.0327. The molecule has 0 saturated carbocycles. The van der Waals surface area contributed by atoms with Gasteiger partial charge in [0.2, 0.25) is 0 Å². The molecule has 1 N–H and O–H groups in total. The Bertz CT molecular complexity index is 990. The lowest BCUT2D eigenvalue weighted by Gasteiger charge is -2.33. The minimum atomic E-state index is -0.564. The molecule has 0 bridgehead atoms. The van der Waals surface area contributed by atoms with Crippen LogP contribution in [0.5, 0.6) is 0 Å². The summed E-state index contributed by atoms with van der Waals surface area (Å²) < 4.78 is 27.0. The van der Waals surface area contributed by atoms with Crippen molar-refractivity contribution in [1.82, 2.24) is 20.1 Å². The lowest BCUT2D eigenvalue weighted by molar-refractivity contribution is 0.0669. The van der Waals surface area contributed by atoms with Crippen molar-refractivity contribution in [3.8, 4) is 11.4 Å². The molecule has 1 aliphatic rings. The number of aromatic amines is 1. The van der Waals surface area contributed by atoms with Gasteiger partial charge in [0.1, 0.15) is 18.0 Å². The summed E-state index contributed by atoms with van der Waals surface area (Å²) in [7, 11) is 0. The molecule has 29 heavy (non-hydrogen) atoms. The molecule has 7 heteroatoms. The average molecular weight is 396 g/mol. The molecule has 0 aliphatic carbocycles. The summed E-state index contributed by atoms with van der Waals surface area (Å²) in [5.41, 5.74) is 1.84. The Hall–Kier alpha value is -3.09. The van der Waals surface area contributed by atoms with Gasteiger partial charge < -0.3 is 4.90 Å². The maximum atomic E-state index is 13.9. The molecule has 5 nitrogen and oxygen atoms in total. The monoisotopic (exact) mass is 396 g/mol. The molecule has 1 amide bonds. The number of H-pyrrole nitrogens is 1. The van der Waals surface area contributed by atoms with Crippen molar-refractivity contribution in [2.24, 2.45) is 5.92 Å². The SMILES string of the molecule is O=C(c1ccccc1-c1ncn[nH]1)N1CCC[C@H](CCc2ccc(F)cc2F)C1. The molecule has 0 spiro atoms. The Morgan fingerprint density at radius 2 is 2.07 bits per heavy atom. The smallest absolute Gasteiger partial charge is 0.254 e. The van der Waals surface area contributed by atoms with E-state index in [1.165, 1.54) is 18.5 Å². The summed E-state index contributed by atoms with van der Waals surface area (Å²) in [5, 5.41) is 6.69. The topological polar surface area (TPSA) is 61.9 Å². The summed E-state index contributed by atoms with van der Waals surface area (Å²) in [4.78, 5) is 19.2. The second-order valence-electron chi connectivity index (χ2n) is 7.41. The van der Waals surface area contributed by atoms with Crippen molar-refractivity contribution in [2.75, 3.05) is 13.1 Å². The fourth-order valence-corrected chi connectivity index (χ4v) is 3.95. The van der Waals surface area contributed by atoms with Crippen LogP contribution in [-0.2, 0) is 6.42 Å². The predicted molar refractivity (Wildman–Crippen MR) is 105 cm³/mol. The van der Waals surface area contributed by atoms with Gasteiger partial charge in [0.15, 0.2) is 5.82 Å². The Morgan fingerprint density at radius 1 is 1.21 bits per heavy atom. The first-order valence-electron chi connectivity index (χ1n) is 9.80. The van der Waals surface area contributed by atoms with E-state index in [4.69, 9.17) is 0 Å². The van der Waals surface area contributed by atoms with Gasteiger partial charge in [0, 0.05) is 24.7 Å². The second-order valence-corrected chi connectivity index (χ2v) is 7.41. The van der Waals surface area contributed by atoms with Gasteiger partial charge in [0.25, 0.3) is 5.91 Å².